The Kier molecular flexibility index (Phi) is 86.3. The molecular formula is C27H72FN3O. The molecule has 0 amide bonds. The summed E-state index contributed by atoms with van der Waals surface area (Å²) in [6.45, 7) is 8.67. The van der Waals surface area contributed by atoms with E-state index in [9.17, 15) is 0 Å². The molecule has 0 bridgehead atoms. The smallest absolute Gasteiger partial charge is 0.115 e. The quantitative estimate of drug-likeness (QED) is 0.338. The third-order valence-electron chi connectivity index (χ3n) is 2.16. The first-order valence-corrected chi connectivity index (χ1v) is 7.83. The molecule has 2 aromatic carbocycles. The number of nitrogens with two attached hydrogens (primary N) is 2. The molecule has 0 aliphatic rings. The zero-order valence-corrected chi connectivity index (χ0v) is 21.5. The van der Waals surface area contributed by atoms with Gasteiger partial charge < -0.3 is 22.7 Å². The molecule has 0 saturated carbocycles. The Morgan fingerprint density at radius 2 is 1.06 bits per heavy atom. The van der Waals surface area contributed by atoms with Crippen LogP contribution < -0.4 is 17.6 Å². The lowest BCUT2D eigenvalue weighted by molar-refractivity contribution is 0.475. The summed E-state index contributed by atoms with van der Waals surface area (Å²) in [5.74, 6) is 0.322. The summed E-state index contributed by atoms with van der Waals surface area (Å²) in [7, 11) is 7.50. The third kappa shape index (κ3) is 63.0. The van der Waals surface area contributed by atoms with Crippen molar-refractivity contribution in [3.63, 3.8) is 0 Å². The standard InChI is InChI=1S/C9H13N.C6H6O.C2H7N.C2H6.8CH4.FH.H3N.2H2/c1-8(10)7-9-5-3-2-4-6-9;7-6-4-2-1-3-5-6;1-2-3;1-2;;;;;;;;;;;;/h2-6,8H,7,10H2,1H3;1-5,7H;2-3H2,1H3;1-2H3;8*1H4;1H;1H3;2*1H/i;;;;6*1T;;;;;2*1+1. The van der Waals surface area contributed by atoms with Crippen molar-refractivity contribution in [3.8, 4) is 5.75 Å². The van der Waals surface area contributed by atoms with E-state index in [-0.39, 0.29) is 34.6 Å². The molecule has 0 aliphatic heterocycles. The van der Waals surface area contributed by atoms with E-state index in [1.807, 2.05) is 52.0 Å². The summed E-state index contributed by atoms with van der Waals surface area (Å²) >= 11 is 0. The van der Waals surface area contributed by atoms with Gasteiger partial charge in [0.15, 0.2) is 0 Å². The van der Waals surface area contributed by atoms with E-state index in [4.69, 9.17) is 24.8 Å². The summed E-state index contributed by atoms with van der Waals surface area (Å²) in [4.78, 5) is 0. The van der Waals surface area contributed by atoms with Gasteiger partial charge in [0, 0.05) is 17.1 Å². The first-order valence-electron chi connectivity index (χ1n) is 13.8. The first kappa shape index (κ1) is 43.8. The van der Waals surface area contributed by atoms with E-state index < -0.39 is 0 Å². The average Bonchev–Trinajstić information content (AvgIpc) is 2.94. The van der Waals surface area contributed by atoms with Gasteiger partial charge in [-0.05, 0) is 37.6 Å². The van der Waals surface area contributed by atoms with E-state index in [1.165, 1.54) is 50.0 Å². The van der Waals surface area contributed by atoms with E-state index in [0.717, 1.165) is 13.0 Å². The number of rotatable bonds is 2. The highest BCUT2D eigenvalue weighted by Crippen LogP contribution is 2.02. The molecule has 208 valence electrons. The zero-order valence-electron chi connectivity index (χ0n) is 27.5. The van der Waals surface area contributed by atoms with Crippen molar-refractivity contribution >= 4 is 0 Å². The SMILES string of the molecule is C.C.CC.CC(N)Cc1ccccc1.CCN.F.N.Oc1ccccc1.[2HH].[2HH].[3H]C.[3H]C.[3H]C.[3H]C.[3H]C.[3H]C. The Bertz CT molecular complexity index is 456. The maximum atomic E-state index is 8.63. The average molecular weight is 488 g/mol. The van der Waals surface area contributed by atoms with E-state index in [0.29, 0.717) is 5.75 Å². The Morgan fingerprint density at radius 3 is 1.25 bits per heavy atom. The van der Waals surface area contributed by atoms with Crippen LogP contribution in [0.5, 0.6) is 5.75 Å². The molecule has 0 heterocycles. The van der Waals surface area contributed by atoms with Crippen molar-refractivity contribution in [3.05, 3.63) is 66.2 Å². The van der Waals surface area contributed by atoms with Gasteiger partial charge in [-0.1, -0.05) is 129 Å². The van der Waals surface area contributed by atoms with Crippen molar-refractivity contribution in [2.24, 2.45) is 11.5 Å². The molecule has 0 fully saturated rings. The number of phenolic OH excluding ortho intramolecular Hbond substituents is 1. The van der Waals surface area contributed by atoms with E-state index >= 15 is 0 Å². The molecular weight excluding hydrogens is 401 g/mol. The highest BCUT2D eigenvalue weighted by molar-refractivity contribution is 5.18. The fraction of sp³-hybridized carbons (Fsp3) is 0.556. The topological polar surface area (TPSA) is 107 Å². The highest BCUT2D eigenvalue weighted by Gasteiger charge is 1.94. The summed E-state index contributed by atoms with van der Waals surface area (Å²) in [5, 5.41) is 8.63. The van der Waals surface area contributed by atoms with Gasteiger partial charge >= 0.3 is 0 Å². The molecule has 5 heteroatoms. The van der Waals surface area contributed by atoms with Gasteiger partial charge in [0.2, 0.25) is 0 Å². The van der Waals surface area contributed by atoms with Crippen LogP contribution in [0, 0.1) is 0 Å². The molecule has 2 aromatic rings. The Hall–Kier alpha value is -1.95. The lowest BCUT2D eigenvalue weighted by atomic mass is 10.1. The maximum Gasteiger partial charge on any atom is 0.115 e. The van der Waals surface area contributed by atoms with Crippen molar-refractivity contribution in [2.45, 2.75) is 99.4 Å². The third-order valence-corrected chi connectivity index (χ3v) is 2.16. The van der Waals surface area contributed by atoms with Crippen LogP contribution in [0.1, 0.15) is 104 Å². The van der Waals surface area contributed by atoms with Crippen LogP contribution >= 0.6 is 0 Å². The van der Waals surface area contributed by atoms with Gasteiger partial charge in [0.25, 0.3) is 0 Å². The van der Waals surface area contributed by atoms with Gasteiger partial charge in [0.1, 0.15) is 5.75 Å². The van der Waals surface area contributed by atoms with E-state index in [1.54, 1.807) is 24.3 Å². The minimum atomic E-state index is 0. The number of phenols is 1. The number of benzene rings is 2. The molecule has 0 saturated heterocycles. The van der Waals surface area contributed by atoms with Crippen LogP contribution in [0.25, 0.3) is 0 Å². The number of aromatic hydroxyl groups is 1. The second-order valence-electron chi connectivity index (χ2n) is 4.41. The number of hydrogen-bond donors (Lipinski definition) is 4. The molecule has 32 heavy (non-hydrogen) atoms. The van der Waals surface area contributed by atoms with Gasteiger partial charge in [-0.2, -0.15) is 0 Å². The van der Waals surface area contributed by atoms with Crippen molar-refractivity contribution in [2.75, 3.05) is 6.54 Å². The lowest BCUT2D eigenvalue weighted by Gasteiger charge is -2.02. The fourth-order valence-corrected chi connectivity index (χ4v) is 1.41. The molecule has 1 unspecified atom stereocenters. The highest BCUT2D eigenvalue weighted by atomic mass is 19.0. The zero-order chi connectivity index (χ0) is 29.2. The van der Waals surface area contributed by atoms with Crippen molar-refractivity contribution in [1.29, 1.82) is 0 Å². The first-order chi connectivity index (χ1) is 16.6. The minimum absolute atomic E-state index is 0. The molecule has 0 spiro atoms. The second kappa shape index (κ2) is 63.0. The van der Waals surface area contributed by atoms with Gasteiger partial charge in [-0.25, -0.2) is 0 Å². The summed E-state index contributed by atoms with van der Waals surface area (Å²) in [6, 6.07) is 19.3. The summed E-state index contributed by atoms with van der Waals surface area (Å²) in [5.41, 5.74) is 11.8. The van der Waals surface area contributed by atoms with Crippen LogP contribution in [0.3, 0.4) is 0 Å². The summed E-state index contributed by atoms with van der Waals surface area (Å²) in [6.07, 6.45) is 0.973. The number of halogens is 1. The maximum absolute atomic E-state index is 8.63. The van der Waals surface area contributed by atoms with Crippen molar-refractivity contribution < 1.29 is 20.9 Å². The van der Waals surface area contributed by atoms with Gasteiger partial charge in [0.05, 0.1) is 0 Å². The van der Waals surface area contributed by atoms with Crippen LogP contribution in [0.4, 0.5) is 4.70 Å². The monoisotopic (exact) mass is 488 g/mol. The molecule has 2 rings (SSSR count). The number of para-hydroxylation sites is 1. The molecule has 0 radical (unpaired) electrons. The largest absolute Gasteiger partial charge is 0.508 e. The van der Waals surface area contributed by atoms with Crippen LogP contribution in [-0.4, -0.2) is 17.7 Å². The Morgan fingerprint density at radius 1 is 0.812 bits per heavy atom. The molecule has 0 aliphatic carbocycles. The Labute approximate surface area is 217 Å². The molecule has 1 atom stereocenters. The number of hydrogen-bond acceptors (Lipinski definition) is 4. The minimum Gasteiger partial charge on any atom is -0.508 e. The predicted molar refractivity (Wildman–Crippen MR) is 164 cm³/mol. The Balaban J connectivity index is -0.0000000170. The lowest BCUT2D eigenvalue weighted by Crippen LogP contribution is -2.17. The summed E-state index contributed by atoms with van der Waals surface area (Å²) < 4.78 is 34.5. The van der Waals surface area contributed by atoms with Crippen molar-refractivity contribution in [1.82, 2.24) is 6.15 Å². The van der Waals surface area contributed by atoms with Gasteiger partial charge in [-0.3, -0.25) is 4.70 Å². The normalized spacial score (nSPS) is 8.00. The molecule has 8 N–H and O–H groups in total. The van der Waals surface area contributed by atoms with E-state index in [2.05, 4.69) is 12.1 Å². The van der Waals surface area contributed by atoms with Crippen LogP contribution in [0.2, 0.25) is 0 Å². The van der Waals surface area contributed by atoms with Crippen LogP contribution in [-0.2, 0) is 6.42 Å². The van der Waals surface area contributed by atoms with Crippen LogP contribution in [0.15, 0.2) is 60.7 Å². The molecule has 4 nitrogen and oxygen atoms in total. The van der Waals surface area contributed by atoms with Gasteiger partial charge in [-0.15, -0.1) is 0 Å². The second-order valence-corrected chi connectivity index (χ2v) is 4.41. The predicted octanol–water partition coefficient (Wildman–Crippen LogP) is 9.85. The molecule has 0 aromatic heterocycles. The fourth-order valence-electron chi connectivity index (χ4n) is 1.41.